The number of benzene rings is 1. The predicted molar refractivity (Wildman–Crippen MR) is 71.8 cm³/mol. The topological polar surface area (TPSA) is 86.7 Å². The average molecular weight is 318 g/mol. The molecule has 2 amide bonds. The van der Waals surface area contributed by atoms with Crippen molar-refractivity contribution in [2.75, 3.05) is 29.9 Å². The molecule has 114 valence electrons. The third-order valence-electron chi connectivity index (χ3n) is 3.00. The van der Waals surface area contributed by atoms with Crippen LogP contribution in [0.25, 0.3) is 0 Å². The number of halogens is 2. The number of carbonyl (C=O) groups excluding carboxylic acids is 1. The van der Waals surface area contributed by atoms with E-state index in [-0.39, 0.29) is 18.8 Å². The Balaban J connectivity index is 2.18. The third-order valence-corrected chi connectivity index (χ3v) is 4.27. The quantitative estimate of drug-likeness (QED) is 0.859. The first kappa shape index (κ1) is 15.4. The molecular formula is C12H12F2N2O4S. The molecule has 0 bridgehead atoms. The average Bonchev–Trinajstić information content (AvgIpc) is 2.43. The zero-order valence-electron chi connectivity index (χ0n) is 10.8. The van der Waals surface area contributed by atoms with Crippen LogP contribution in [-0.4, -0.2) is 50.8 Å². The lowest BCUT2D eigenvalue weighted by molar-refractivity contribution is 0.0697. The molecule has 1 aliphatic heterocycles. The fraction of sp³-hybridized carbons (Fsp3) is 0.333. The fourth-order valence-corrected chi connectivity index (χ4v) is 2.91. The number of hydrogen-bond acceptors (Lipinski definition) is 3. The van der Waals surface area contributed by atoms with Crippen LogP contribution in [0.15, 0.2) is 12.1 Å². The van der Waals surface area contributed by atoms with Crippen LogP contribution in [-0.2, 0) is 10.8 Å². The molecule has 9 heteroatoms. The summed E-state index contributed by atoms with van der Waals surface area (Å²) in [6.45, 7) is 0.509. The summed E-state index contributed by atoms with van der Waals surface area (Å²) in [5.74, 6) is -3.38. The number of amides is 2. The SMILES string of the molecule is O=C(O)c1cc(F)c(F)cc1NC(=O)N1CCS(=O)CC1. The van der Waals surface area contributed by atoms with Crippen molar-refractivity contribution in [3.8, 4) is 0 Å². The zero-order valence-corrected chi connectivity index (χ0v) is 11.6. The van der Waals surface area contributed by atoms with Gasteiger partial charge in [-0.15, -0.1) is 0 Å². The Morgan fingerprint density at radius 2 is 1.76 bits per heavy atom. The molecule has 6 nitrogen and oxygen atoms in total. The summed E-state index contributed by atoms with van der Waals surface area (Å²) in [6.07, 6.45) is 0. The highest BCUT2D eigenvalue weighted by Crippen LogP contribution is 2.21. The molecular weight excluding hydrogens is 306 g/mol. The van der Waals surface area contributed by atoms with Crippen molar-refractivity contribution < 1.29 is 27.7 Å². The Kier molecular flexibility index (Phi) is 4.51. The Hall–Kier alpha value is -2.03. The lowest BCUT2D eigenvalue weighted by Gasteiger charge is -2.26. The molecule has 1 saturated heterocycles. The van der Waals surface area contributed by atoms with E-state index in [1.165, 1.54) is 4.90 Å². The van der Waals surface area contributed by atoms with E-state index in [1.807, 2.05) is 0 Å². The van der Waals surface area contributed by atoms with E-state index in [0.29, 0.717) is 23.6 Å². The fourth-order valence-electron chi connectivity index (χ4n) is 1.86. The largest absolute Gasteiger partial charge is 0.478 e. The van der Waals surface area contributed by atoms with Gasteiger partial charge in [-0.3, -0.25) is 4.21 Å². The smallest absolute Gasteiger partial charge is 0.337 e. The predicted octanol–water partition coefficient (Wildman–Crippen LogP) is 1.26. The second kappa shape index (κ2) is 6.17. The lowest BCUT2D eigenvalue weighted by atomic mass is 10.1. The normalized spacial score (nSPS) is 15.8. The summed E-state index contributed by atoms with van der Waals surface area (Å²) in [5, 5.41) is 11.2. The van der Waals surface area contributed by atoms with Gasteiger partial charge in [0.25, 0.3) is 0 Å². The number of carbonyl (C=O) groups is 2. The van der Waals surface area contributed by atoms with Gasteiger partial charge in [-0.1, -0.05) is 0 Å². The van der Waals surface area contributed by atoms with Gasteiger partial charge in [-0.25, -0.2) is 18.4 Å². The number of hydrogen-bond donors (Lipinski definition) is 2. The first-order chi connectivity index (χ1) is 9.88. The number of carboxylic acids is 1. The molecule has 1 fully saturated rings. The van der Waals surface area contributed by atoms with E-state index in [4.69, 9.17) is 5.11 Å². The Bertz CT molecular complexity index is 614. The molecule has 2 N–H and O–H groups in total. The minimum absolute atomic E-state index is 0.254. The van der Waals surface area contributed by atoms with Gasteiger partial charge in [-0.2, -0.15) is 0 Å². The molecule has 1 aliphatic rings. The number of rotatable bonds is 2. The third kappa shape index (κ3) is 3.54. The van der Waals surface area contributed by atoms with E-state index in [2.05, 4.69) is 5.32 Å². The maximum absolute atomic E-state index is 13.2. The molecule has 21 heavy (non-hydrogen) atoms. The van der Waals surface area contributed by atoms with Gasteiger partial charge in [0.1, 0.15) is 0 Å². The van der Waals surface area contributed by atoms with Crippen molar-refractivity contribution in [1.29, 1.82) is 0 Å². The molecule has 0 aromatic heterocycles. The number of carboxylic acid groups (broad SMARTS) is 1. The van der Waals surface area contributed by atoms with Crippen molar-refractivity contribution in [2.45, 2.75) is 0 Å². The summed E-state index contributed by atoms with van der Waals surface area (Å²) in [4.78, 5) is 24.3. The second-order valence-electron chi connectivity index (χ2n) is 4.38. The Labute approximate surface area is 121 Å². The molecule has 1 aromatic rings. The number of anilines is 1. The van der Waals surface area contributed by atoms with E-state index < -0.39 is 40.0 Å². The molecule has 0 atom stereocenters. The van der Waals surface area contributed by atoms with Gasteiger partial charge in [0.15, 0.2) is 11.6 Å². The molecule has 1 heterocycles. The molecule has 2 rings (SSSR count). The maximum atomic E-state index is 13.2. The van der Waals surface area contributed by atoms with Crippen LogP contribution < -0.4 is 5.32 Å². The molecule has 0 saturated carbocycles. The van der Waals surface area contributed by atoms with Crippen LogP contribution in [0.4, 0.5) is 19.3 Å². The number of aromatic carboxylic acids is 1. The van der Waals surface area contributed by atoms with Crippen LogP contribution in [0.5, 0.6) is 0 Å². The zero-order chi connectivity index (χ0) is 15.6. The van der Waals surface area contributed by atoms with Gasteiger partial charge in [0.05, 0.1) is 11.3 Å². The monoisotopic (exact) mass is 318 g/mol. The summed E-state index contributed by atoms with van der Waals surface area (Å²) >= 11 is 0. The minimum Gasteiger partial charge on any atom is -0.478 e. The summed E-state index contributed by atoms with van der Waals surface area (Å²) < 4.78 is 37.5. The molecule has 0 radical (unpaired) electrons. The van der Waals surface area contributed by atoms with Crippen LogP contribution in [0.1, 0.15) is 10.4 Å². The minimum atomic E-state index is -1.48. The molecule has 0 spiro atoms. The standard InChI is InChI=1S/C12H12F2N2O4S/c13-8-5-7(11(17)18)10(6-9(8)14)15-12(19)16-1-3-21(20)4-2-16/h5-6H,1-4H2,(H,15,19)(H,17,18). The highest BCUT2D eigenvalue weighted by Gasteiger charge is 2.22. The van der Waals surface area contributed by atoms with E-state index in [0.717, 1.165) is 0 Å². The van der Waals surface area contributed by atoms with Gasteiger partial charge < -0.3 is 15.3 Å². The molecule has 0 unspecified atom stereocenters. The summed E-state index contributed by atoms with van der Waals surface area (Å²) in [6, 6.07) is 0.498. The van der Waals surface area contributed by atoms with Crippen molar-refractivity contribution >= 4 is 28.5 Å². The van der Waals surface area contributed by atoms with Crippen LogP contribution in [0.2, 0.25) is 0 Å². The highest BCUT2D eigenvalue weighted by molar-refractivity contribution is 7.85. The number of nitrogens with zero attached hydrogens (tertiary/aromatic N) is 1. The van der Waals surface area contributed by atoms with Gasteiger partial charge in [0.2, 0.25) is 0 Å². The van der Waals surface area contributed by atoms with Crippen LogP contribution in [0, 0.1) is 11.6 Å². The van der Waals surface area contributed by atoms with Gasteiger partial charge in [0, 0.05) is 41.5 Å². The van der Waals surface area contributed by atoms with E-state index in [9.17, 15) is 22.6 Å². The van der Waals surface area contributed by atoms with Crippen LogP contribution >= 0.6 is 0 Å². The highest BCUT2D eigenvalue weighted by atomic mass is 32.2. The van der Waals surface area contributed by atoms with Crippen molar-refractivity contribution in [3.05, 3.63) is 29.3 Å². The lowest BCUT2D eigenvalue weighted by Crippen LogP contribution is -2.44. The van der Waals surface area contributed by atoms with E-state index >= 15 is 0 Å². The summed E-state index contributed by atoms with van der Waals surface area (Å²) in [7, 11) is -0.968. The van der Waals surface area contributed by atoms with E-state index in [1.54, 1.807) is 0 Å². The number of nitrogens with one attached hydrogen (secondary N) is 1. The molecule has 0 aliphatic carbocycles. The van der Waals surface area contributed by atoms with Crippen LogP contribution in [0.3, 0.4) is 0 Å². The van der Waals surface area contributed by atoms with Gasteiger partial charge in [-0.05, 0) is 6.07 Å². The van der Waals surface area contributed by atoms with Crippen molar-refractivity contribution in [1.82, 2.24) is 4.90 Å². The van der Waals surface area contributed by atoms with Crippen molar-refractivity contribution in [2.24, 2.45) is 0 Å². The Morgan fingerprint density at radius 1 is 1.19 bits per heavy atom. The first-order valence-electron chi connectivity index (χ1n) is 6.01. The van der Waals surface area contributed by atoms with Gasteiger partial charge >= 0.3 is 12.0 Å². The maximum Gasteiger partial charge on any atom is 0.337 e. The first-order valence-corrected chi connectivity index (χ1v) is 7.50. The summed E-state index contributed by atoms with van der Waals surface area (Å²) in [5.41, 5.74) is -0.860. The second-order valence-corrected chi connectivity index (χ2v) is 6.08. The van der Waals surface area contributed by atoms with Crippen molar-refractivity contribution in [3.63, 3.8) is 0 Å². The number of urea groups is 1. The Morgan fingerprint density at radius 3 is 2.33 bits per heavy atom. The molecule has 1 aromatic carbocycles.